The molecule has 0 saturated carbocycles. The Kier molecular flexibility index (Phi) is 31.5. The summed E-state index contributed by atoms with van der Waals surface area (Å²) in [7, 11) is 0. The van der Waals surface area contributed by atoms with E-state index in [4.69, 9.17) is 26.0 Å². The second-order valence-corrected chi connectivity index (χ2v) is 27.3. The number of benzene rings is 12. The van der Waals surface area contributed by atoms with Crippen molar-refractivity contribution in [1.29, 1.82) is 0 Å². The molecule has 20 rings (SSSR count). The van der Waals surface area contributed by atoms with Gasteiger partial charge in [0, 0.05) is 135 Å². The predicted molar refractivity (Wildman–Crippen MR) is 514 cm³/mol. The fraction of sp³-hybridized carbons (Fsp3) is 0.0427. The first-order valence-electron chi connectivity index (χ1n) is 49.1. The molecular formula is C117H90Ir4N8-8. The number of hydrogen-bond donors (Lipinski definition) is 0. The molecule has 0 aliphatic rings. The van der Waals surface area contributed by atoms with Crippen LogP contribution in [-0.4, -0.2) is 39.9 Å². The zero-order valence-electron chi connectivity index (χ0n) is 89.2. The van der Waals surface area contributed by atoms with E-state index in [1.54, 1.807) is 6.20 Å². The van der Waals surface area contributed by atoms with Gasteiger partial charge in [-0.25, -0.2) is 0 Å². The second-order valence-electron chi connectivity index (χ2n) is 27.3. The third-order valence-electron chi connectivity index (χ3n) is 18.3. The van der Waals surface area contributed by atoms with Crippen molar-refractivity contribution in [3.05, 3.63) is 532 Å². The van der Waals surface area contributed by atoms with Gasteiger partial charge in [-0.3, -0.25) is 0 Å². The van der Waals surface area contributed by atoms with Gasteiger partial charge in [0.1, 0.15) is 0 Å². The minimum absolute atomic E-state index is 0. The Morgan fingerprint density at radius 1 is 0.209 bits per heavy atom. The topological polar surface area (TPSA) is 103 Å². The van der Waals surface area contributed by atoms with Crippen LogP contribution in [0.25, 0.3) is 135 Å². The number of nitrogens with zero attached hydrogens (tertiary/aromatic N) is 8. The molecule has 0 atom stereocenters. The molecule has 0 N–H and O–H groups in total. The van der Waals surface area contributed by atoms with Crippen molar-refractivity contribution < 1.29 is 106 Å². The minimum Gasteiger partial charge on any atom is -0.305 e. The molecule has 12 heteroatoms. The van der Waals surface area contributed by atoms with Gasteiger partial charge in [-0.1, -0.05) is 192 Å². The van der Waals surface area contributed by atoms with Crippen molar-refractivity contribution >= 4 is 0 Å². The Labute approximate surface area is 841 Å². The molecule has 20 aromatic rings. The van der Waals surface area contributed by atoms with E-state index in [2.05, 4.69) is 188 Å². The monoisotopic (exact) mass is 2400 g/mol. The van der Waals surface area contributed by atoms with E-state index in [1.807, 2.05) is 262 Å². The minimum atomic E-state index is -0.630. The molecule has 0 bridgehead atoms. The molecule has 642 valence electrons. The molecule has 0 spiro atoms. The van der Waals surface area contributed by atoms with Crippen molar-refractivity contribution in [2.45, 2.75) is 34.6 Å². The van der Waals surface area contributed by atoms with Crippen molar-refractivity contribution in [3.63, 3.8) is 0 Å². The maximum absolute atomic E-state index is 8.53. The smallest absolute Gasteiger partial charge is 0.0830 e. The maximum Gasteiger partial charge on any atom is 0.0830 e. The fourth-order valence-electron chi connectivity index (χ4n) is 11.7. The number of rotatable bonds is 12. The first kappa shape index (κ1) is 74.5. The summed E-state index contributed by atoms with van der Waals surface area (Å²) in [5.74, 6) is 0. The normalized spacial score (nSPS) is 11.9. The van der Waals surface area contributed by atoms with E-state index in [0.717, 1.165) is 67.5 Å². The Balaban J connectivity index is 0.000000190. The molecule has 129 heavy (non-hydrogen) atoms. The van der Waals surface area contributed by atoms with Crippen LogP contribution in [0.5, 0.6) is 0 Å². The summed E-state index contributed by atoms with van der Waals surface area (Å²) in [6.45, 7) is 9.71. The van der Waals surface area contributed by atoms with E-state index in [9.17, 15) is 0 Å². The SMILES string of the molecule is Cc1ccc(-c2[c-]cccc2)nc1.Cc1ccc(-c2ccnc(-c3[c-]cccc3)c2)cc1.Cc1cnc(-c2[c-]cccc2)cc1C.[2H]c1[c-]c(-c2nc([2H])c([2H])c(-c3c([2H])c([2H])c([2H])c(C)c3[2H])c2[2H])c([2H])c([2H])c1[2H].[2H]c1[c-]c(-c2nc([2H])c([2H])c([2H])c2[2H])c([2H])c([2H])c1[2H].[Ir].[Ir].[Ir].[Ir].[c-]1ccccc1-c1cc(-c2ccccc2)ccn1.[c-]1ccccc1-c1cc(-c2ccccc2)ccn1.[c-]1ccccc1-c1ccccn1. The van der Waals surface area contributed by atoms with Crippen LogP contribution in [0.2, 0.25) is 0 Å². The van der Waals surface area contributed by atoms with E-state index in [0.29, 0.717) is 0 Å². The summed E-state index contributed by atoms with van der Waals surface area (Å²) in [5, 5.41) is 0. The molecule has 0 unspecified atom stereocenters. The summed E-state index contributed by atoms with van der Waals surface area (Å²) in [6, 6.07) is 117. The third-order valence-corrected chi connectivity index (χ3v) is 18.3. The van der Waals surface area contributed by atoms with Crippen LogP contribution in [0.1, 0.15) is 53.9 Å². The number of aryl methyl sites for hydroxylation is 4. The summed E-state index contributed by atoms with van der Waals surface area (Å²) >= 11 is 0. The molecule has 0 amide bonds. The Morgan fingerprint density at radius 3 is 1.05 bits per heavy atom. The van der Waals surface area contributed by atoms with Crippen LogP contribution in [0.4, 0.5) is 0 Å². The van der Waals surface area contributed by atoms with Crippen molar-refractivity contribution in [3.8, 4) is 135 Å². The van der Waals surface area contributed by atoms with Gasteiger partial charge in [0.05, 0.1) is 15.1 Å². The quantitative estimate of drug-likeness (QED) is 0.111. The number of aromatic nitrogens is 8. The Morgan fingerprint density at radius 2 is 0.605 bits per heavy atom. The van der Waals surface area contributed by atoms with Crippen molar-refractivity contribution in [2.75, 3.05) is 0 Å². The number of hydrogen-bond acceptors (Lipinski definition) is 8. The van der Waals surface area contributed by atoms with E-state index < -0.39 is 103 Å². The molecular weight excluding hydrogens is 2290 g/mol. The first-order chi connectivity index (χ1) is 69.4. The zero-order chi connectivity index (χ0) is 103. The molecule has 0 saturated heterocycles. The molecule has 0 aliphatic carbocycles. The van der Waals surface area contributed by atoms with Gasteiger partial charge in [-0.2, -0.15) is 0 Å². The fourth-order valence-corrected chi connectivity index (χ4v) is 11.7. The molecule has 4 radical (unpaired) electrons. The summed E-state index contributed by atoms with van der Waals surface area (Å²) in [5.41, 5.74) is 22.5. The van der Waals surface area contributed by atoms with Gasteiger partial charge >= 0.3 is 0 Å². The Bertz CT molecular complexity index is 7410. The Hall–Kier alpha value is -13.6. The third kappa shape index (κ3) is 31.8. The molecule has 0 aliphatic heterocycles. The van der Waals surface area contributed by atoms with Crippen LogP contribution in [-0.2, 0) is 80.4 Å². The molecule has 0 fully saturated rings. The average Bonchev–Trinajstić information content (AvgIpc) is 0.716. The second kappa shape index (κ2) is 54.5. The van der Waals surface area contributed by atoms with Crippen LogP contribution < -0.4 is 0 Å². The summed E-state index contributed by atoms with van der Waals surface area (Å²) in [6.07, 6.45) is 9.96. The first-order valence-corrected chi connectivity index (χ1v) is 39.6. The zero-order valence-corrected chi connectivity index (χ0v) is 79.8. The molecule has 8 heterocycles. The van der Waals surface area contributed by atoms with Crippen LogP contribution >= 0.6 is 0 Å². The van der Waals surface area contributed by atoms with E-state index in [-0.39, 0.29) is 132 Å². The van der Waals surface area contributed by atoms with E-state index >= 15 is 0 Å². The van der Waals surface area contributed by atoms with Crippen LogP contribution in [0.15, 0.2) is 456 Å². The number of pyridine rings is 8. The average molecular weight is 2400 g/mol. The maximum atomic E-state index is 8.53. The van der Waals surface area contributed by atoms with Crippen molar-refractivity contribution in [2.24, 2.45) is 0 Å². The van der Waals surface area contributed by atoms with Gasteiger partial charge in [0.2, 0.25) is 0 Å². The van der Waals surface area contributed by atoms with Gasteiger partial charge < -0.3 is 39.9 Å². The standard InChI is InChI=1S/2C18H14N.2C17H12N.C13H12N.C12H10N.2C11H8N.4Ir/c1-14-6-5-9-16(12-14)17-10-11-19-18(13-17)15-7-3-2-4-8-15;1-14-7-9-15(10-8-14)17-11-12-19-18(13-17)16-5-3-2-4-6-16;2*1-3-7-14(8-4-1)16-11-12-18-17(13-16)15-9-5-2-6-10-15;1-10-8-13(14-9-11(10)2)12-6-4-3-5-7-12;1-10-7-8-12(13-9-10)11-5-3-2-4-6-11;2*1-2-6-10(7-3-1)11-8-4-5-9-12-11;;;;/h2-7,9-13H,1H3;2-5,7-13H,1H3;2*1-9,11-13H;3-6,8-9H,1-2H3;2-5,7-9H,1H3;2*1-6,8-9H;;;;/q8*-1;;;;/i2D,3D,4D,5D,6D,7D,9D,10D,11D,12D,13D;;;;;;1D,2D,3D,4D,5D,6D,8D,9D;;;;;. The summed E-state index contributed by atoms with van der Waals surface area (Å²) in [4.78, 5) is 33.6. The molecule has 12 aromatic carbocycles. The summed E-state index contributed by atoms with van der Waals surface area (Å²) < 4.78 is 149. The van der Waals surface area contributed by atoms with E-state index in [1.165, 1.54) is 62.6 Å². The van der Waals surface area contributed by atoms with Gasteiger partial charge in [0.15, 0.2) is 0 Å². The largest absolute Gasteiger partial charge is 0.305 e. The van der Waals surface area contributed by atoms with Crippen LogP contribution in [0.3, 0.4) is 0 Å². The molecule has 8 aromatic heterocycles. The van der Waals surface area contributed by atoms with Crippen molar-refractivity contribution in [1.82, 2.24) is 39.9 Å². The van der Waals surface area contributed by atoms with Gasteiger partial charge in [-0.15, -0.1) is 287 Å². The van der Waals surface area contributed by atoms with Gasteiger partial charge in [0.25, 0.3) is 0 Å². The predicted octanol–water partition coefficient (Wildman–Crippen LogP) is 28.6. The van der Waals surface area contributed by atoms with Crippen LogP contribution in [0, 0.1) is 83.1 Å². The molecule has 8 nitrogen and oxygen atoms in total. The van der Waals surface area contributed by atoms with Gasteiger partial charge in [-0.05, 0) is 178 Å².